The Kier molecular flexibility index (Phi) is 7.76. The number of pyridine rings is 1. The van der Waals surface area contributed by atoms with E-state index in [4.69, 9.17) is 10.7 Å². The highest BCUT2D eigenvalue weighted by molar-refractivity contribution is 5.86. The van der Waals surface area contributed by atoms with Gasteiger partial charge < -0.3 is 27.9 Å². The van der Waals surface area contributed by atoms with Gasteiger partial charge in [-0.2, -0.15) is 4.98 Å². The molecule has 156 valence electrons. The molecule has 1 aromatic carbocycles. The molecule has 2 aromatic heterocycles. The quantitative estimate of drug-likeness (QED) is 0.417. The van der Waals surface area contributed by atoms with Gasteiger partial charge in [0.05, 0.1) is 26.7 Å². The van der Waals surface area contributed by atoms with E-state index in [2.05, 4.69) is 67.6 Å². The van der Waals surface area contributed by atoms with E-state index in [9.17, 15) is 0 Å². The van der Waals surface area contributed by atoms with Crippen molar-refractivity contribution in [2.24, 2.45) is 0 Å². The lowest BCUT2D eigenvalue weighted by atomic mass is 10.1. The zero-order valence-corrected chi connectivity index (χ0v) is 18.5. The molecule has 0 bridgehead atoms. The Hall–Kier alpha value is -2.44. The molecular formula is C22H31ClN6. The molecule has 0 aliphatic rings. The number of anilines is 2. The van der Waals surface area contributed by atoms with Gasteiger partial charge in [-0.25, -0.2) is 9.97 Å². The molecule has 0 aliphatic heterocycles. The maximum atomic E-state index is 5.86. The third-order valence-corrected chi connectivity index (χ3v) is 4.51. The molecule has 7 heteroatoms. The normalized spacial score (nSPS) is 11.3. The number of unbranched alkanes of at least 4 members (excludes halogenated alkanes) is 1. The zero-order valence-electron chi connectivity index (χ0n) is 17.7. The van der Waals surface area contributed by atoms with Gasteiger partial charge in [0.1, 0.15) is 12.1 Å². The SMILES string of the molecule is CCCCNc1nc(N)nc2ccc(Cc3ccc(C[N+](C)(C)C)cc3)nc12.[Cl-]. The van der Waals surface area contributed by atoms with E-state index in [0.29, 0.717) is 0 Å². The summed E-state index contributed by atoms with van der Waals surface area (Å²) >= 11 is 0. The predicted molar refractivity (Wildman–Crippen MR) is 116 cm³/mol. The summed E-state index contributed by atoms with van der Waals surface area (Å²) in [6.07, 6.45) is 2.97. The summed E-state index contributed by atoms with van der Waals surface area (Å²) in [7, 11) is 6.61. The van der Waals surface area contributed by atoms with E-state index >= 15 is 0 Å². The van der Waals surface area contributed by atoms with Crippen molar-refractivity contribution in [1.29, 1.82) is 0 Å². The van der Waals surface area contributed by atoms with Crippen LogP contribution < -0.4 is 23.5 Å². The van der Waals surface area contributed by atoms with Crippen LogP contribution in [-0.4, -0.2) is 47.1 Å². The Morgan fingerprint density at radius 1 is 0.931 bits per heavy atom. The van der Waals surface area contributed by atoms with Crippen molar-refractivity contribution in [2.45, 2.75) is 32.7 Å². The number of nitrogens with two attached hydrogens (primary N) is 1. The fourth-order valence-corrected chi connectivity index (χ4v) is 3.20. The van der Waals surface area contributed by atoms with E-state index in [1.165, 1.54) is 11.1 Å². The van der Waals surface area contributed by atoms with Crippen molar-refractivity contribution in [3.05, 3.63) is 53.2 Å². The molecule has 2 heterocycles. The number of nitrogens with zero attached hydrogens (tertiary/aromatic N) is 4. The molecule has 0 saturated carbocycles. The maximum Gasteiger partial charge on any atom is 0.222 e. The van der Waals surface area contributed by atoms with Gasteiger partial charge in [0, 0.05) is 24.2 Å². The van der Waals surface area contributed by atoms with Crippen LogP contribution >= 0.6 is 0 Å². The maximum absolute atomic E-state index is 5.86. The average molecular weight is 415 g/mol. The number of benzene rings is 1. The summed E-state index contributed by atoms with van der Waals surface area (Å²) in [5.74, 6) is 0.991. The van der Waals surface area contributed by atoms with Gasteiger partial charge in [-0.05, 0) is 24.1 Å². The van der Waals surface area contributed by atoms with Gasteiger partial charge in [-0.1, -0.05) is 37.6 Å². The van der Waals surface area contributed by atoms with Crippen LogP contribution in [-0.2, 0) is 13.0 Å². The number of nitrogen functional groups attached to an aromatic ring is 1. The van der Waals surface area contributed by atoms with E-state index < -0.39 is 0 Å². The van der Waals surface area contributed by atoms with E-state index in [0.717, 1.165) is 59.4 Å². The Balaban J connectivity index is 0.00000300. The Morgan fingerprint density at radius 2 is 1.62 bits per heavy atom. The van der Waals surface area contributed by atoms with Crippen LogP contribution in [0.25, 0.3) is 11.0 Å². The van der Waals surface area contributed by atoms with Crippen LogP contribution in [0.5, 0.6) is 0 Å². The lowest BCUT2D eigenvalue weighted by Gasteiger charge is -2.23. The minimum atomic E-state index is 0. The van der Waals surface area contributed by atoms with Gasteiger partial charge in [0.15, 0.2) is 5.82 Å². The second kappa shape index (κ2) is 9.85. The van der Waals surface area contributed by atoms with Crippen LogP contribution in [0.3, 0.4) is 0 Å². The van der Waals surface area contributed by atoms with E-state index in [-0.39, 0.29) is 18.4 Å². The van der Waals surface area contributed by atoms with Crippen molar-refractivity contribution >= 4 is 22.8 Å². The monoisotopic (exact) mass is 414 g/mol. The molecule has 29 heavy (non-hydrogen) atoms. The molecular weight excluding hydrogens is 384 g/mol. The van der Waals surface area contributed by atoms with Crippen LogP contribution in [0, 0.1) is 0 Å². The first-order valence-corrected chi connectivity index (χ1v) is 9.89. The second-order valence-electron chi connectivity index (χ2n) is 8.32. The molecule has 3 rings (SSSR count). The minimum absolute atomic E-state index is 0. The molecule has 0 spiro atoms. The van der Waals surface area contributed by atoms with Gasteiger partial charge in [-0.3, -0.25) is 0 Å². The van der Waals surface area contributed by atoms with Gasteiger partial charge >= 0.3 is 0 Å². The van der Waals surface area contributed by atoms with Crippen molar-refractivity contribution in [1.82, 2.24) is 15.0 Å². The molecule has 0 amide bonds. The summed E-state index contributed by atoms with van der Waals surface area (Å²) in [6.45, 7) is 4.03. The van der Waals surface area contributed by atoms with Crippen molar-refractivity contribution in [3.8, 4) is 0 Å². The van der Waals surface area contributed by atoms with Crippen LogP contribution in [0.1, 0.15) is 36.6 Å². The molecule has 3 aromatic rings. The molecule has 6 nitrogen and oxygen atoms in total. The second-order valence-corrected chi connectivity index (χ2v) is 8.32. The number of halogens is 1. The summed E-state index contributed by atoms with van der Waals surface area (Å²) in [4.78, 5) is 13.5. The Labute approximate surface area is 179 Å². The molecule has 0 aliphatic carbocycles. The largest absolute Gasteiger partial charge is 1.00 e. The van der Waals surface area contributed by atoms with Gasteiger partial charge in [0.2, 0.25) is 5.95 Å². The predicted octanol–water partition coefficient (Wildman–Crippen LogP) is 0.620. The van der Waals surface area contributed by atoms with Crippen LogP contribution in [0.2, 0.25) is 0 Å². The van der Waals surface area contributed by atoms with Crippen molar-refractivity contribution < 1.29 is 16.9 Å². The average Bonchev–Trinajstić information content (AvgIpc) is 2.62. The van der Waals surface area contributed by atoms with E-state index in [1.807, 2.05) is 12.1 Å². The topological polar surface area (TPSA) is 76.7 Å². The Morgan fingerprint density at radius 3 is 2.28 bits per heavy atom. The highest BCUT2D eigenvalue weighted by Gasteiger charge is 2.11. The summed E-state index contributed by atoms with van der Waals surface area (Å²) in [5, 5.41) is 3.35. The summed E-state index contributed by atoms with van der Waals surface area (Å²) in [5.41, 5.74) is 11.0. The highest BCUT2D eigenvalue weighted by atomic mass is 35.5. The number of fused-ring (bicyclic) bond motifs is 1. The zero-order chi connectivity index (χ0) is 20.1. The molecule has 0 radical (unpaired) electrons. The first-order valence-electron chi connectivity index (χ1n) is 9.89. The number of quaternary nitrogens is 1. The van der Waals surface area contributed by atoms with Gasteiger partial charge in [-0.15, -0.1) is 0 Å². The number of aromatic nitrogens is 3. The fourth-order valence-electron chi connectivity index (χ4n) is 3.20. The number of rotatable bonds is 8. The van der Waals surface area contributed by atoms with Crippen LogP contribution in [0.15, 0.2) is 36.4 Å². The summed E-state index contributed by atoms with van der Waals surface area (Å²) < 4.78 is 0.919. The standard InChI is InChI=1S/C22H31N6.ClH/c1-5-6-13-24-21-20-19(26-22(23)27-21)12-11-18(25-20)14-16-7-9-17(10-8-16)15-28(2,3)4;/h7-12H,5-6,13-15H2,1-4H3,(H3,23,24,26,27);1H/q+1;/p-1. The fraction of sp³-hybridized carbons (Fsp3) is 0.409. The first-order chi connectivity index (χ1) is 13.3. The molecule has 0 saturated heterocycles. The smallest absolute Gasteiger partial charge is 0.222 e. The molecule has 3 N–H and O–H groups in total. The minimum Gasteiger partial charge on any atom is -1.00 e. The van der Waals surface area contributed by atoms with Crippen molar-refractivity contribution in [3.63, 3.8) is 0 Å². The molecule has 0 atom stereocenters. The van der Waals surface area contributed by atoms with Crippen molar-refractivity contribution in [2.75, 3.05) is 38.7 Å². The third kappa shape index (κ3) is 6.54. The molecule has 0 unspecified atom stereocenters. The number of nitrogens with one attached hydrogen (secondary N) is 1. The summed E-state index contributed by atoms with van der Waals surface area (Å²) in [6, 6.07) is 12.8. The number of hydrogen-bond donors (Lipinski definition) is 2. The highest BCUT2D eigenvalue weighted by Crippen LogP contribution is 2.21. The molecule has 0 fully saturated rings. The lowest BCUT2D eigenvalue weighted by Crippen LogP contribution is -3.00. The van der Waals surface area contributed by atoms with Gasteiger partial charge in [0.25, 0.3) is 0 Å². The first kappa shape index (κ1) is 22.8. The number of hydrogen-bond acceptors (Lipinski definition) is 5. The third-order valence-electron chi connectivity index (χ3n) is 4.51. The Bertz CT molecular complexity index is 934. The lowest BCUT2D eigenvalue weighted by molar-refractivity contribution is -0.884. The van der Waals surface area contributed by atoms with Crippen LogP contribution in [0.4, 0.5) is 11.8 Å². The van der Waals surface area contributed by atoms with E-state index in [1.54, 1.807) is 0 Å².